The highest BCUT2D eigenvalue weighted by atomic mass is 28.2. The molecule has 0 aromatic carbocycles. The van der Waals surface area contributed by atoms with Crippen LogP contribution < -0.4 is 5.32 Å². The van der Waals surface area contributed by atoms with E-state index in [0.717, 1.165) is 12.8 Å². The Bertz CT molecular complexity index is 330. The monoisotopic (exact) mass is 449 g/mol. The fourth-order valence-corrected chi connectivity index (χ4v) is 6.06. The van der Waals surface area contributed by atoms with Crippen LogP contribution in [0.1, 0.15) is 107 Å². The average molecular weight is 450 g/mol. The Balaban J connectivity index is 4.49. The van der Waals surface area contributed by atoms with Crippen molar-refractivity contribution in [3.63, 3.8) is 0 Å². The lowest BCUT2D eigenvalue weighted by Gasteiger charge is -2.28. The molecule has 4 unspecified atom stereocenters. The lowest BCUT2D eigenvalue weighted by Crippen LogP contribution is -2.44. The van der Waals surface area contributed by atoms with Gasteiger partial charge in [-0.2, -0.15) is 0 Å². The molecule has 7 heteroatoms. The highest BCUT2D eigenvalue weighted by molar-refractivity contribution is 6.29. The summed E-state index contributed by atoms with van der Waals surface area (Å²) in [6, 6.07) is 0. The molecular formula is C22H51NO4Si2. The summed E-state index contributed by atoms with van der Waals surface area (Å²) in [6.45, 7) is 17.1. The Morgan fingerprint density at radius 1 is 0.621 bits per heavy atom. The van der Waals surface area contributed by atoms with E-state index in [2.05, 4.69) is 60.7 Å². The number of hydrogen-bond acceptors (Lipinski definition) is 5. The van der Waals surface area contributed by atoms with Crippen LogP contribution in [0.4, 0.5) is 0 Å². The second-order valence-electron chi connectivity index (χ2n) is 8.72. The third-order valence-corrected chi connectivity index (χ3v) is 8.42. The van der Waals surface area contributed by atoms with Crippen LogP contribution in [-0.2, 0) is 18.3 Å². The molecule has 0 bridgehead atoms. The molecule has 0 saturated carbocycles. The van der Waals surface area contributed by atoms with Crippen LogP contribution in [0.15, 0.2) is 0 Å². The highest BCUT2D eigenvalue weighted by Crippen LogP contribution is 2.12. The molecule has 0 aliphatic rings. The summed E-state index contributed by atoms with van der Waals surface area (Å²) in [7, 11) is -1.39. The van der Waals surface area contributed by atoms with Gasteiger partial charge in [-0.05, 0) is 54.4 Å². The molecule has 0 saturated heterocycles. The fourth-order valence-electron chi connectivity index (χ4n) is 3.21. The molecule has 5 nitrogen and oxygen atoms in total. The summed E-state index contributed by atoms with van der Waals surface area (Å²) < 4.78 is 24.6. The molecule has 0 heterocycles. The van der Waals surface area contributed by atoms with Crippen LogP contribution >= 0.6 is 0 Å². The third-order valence-electron chi connectivity index (χ3n) is 4.75. The quantitative estimate of drug-likeness (QED) is 0.172. The zero-order valence-electron chi connectivity index (χ0n) is 20.7. The van der Waals surface area contributed by atoms with E-state index in [1.54, 1.807) is 0 Å². The van der Waals surface area contributed by atoms with Gasteiger partial charge in [-0.3, -0.25) is 5.32 Å². The molecule has 29 heavy (non-hydrogen) atoms. The molecular weight excluding hydrogens is 398 g/mol. The van der Waals surface area contributed by atoms with Crippen molar-refractivity contribution in [1.29, 1.82) is 0 Å². The Labute approximate surface area is 186 Å². The third kappa shape index (κ3) is 18.7. The first-order valence-corrected chi connectivity index (χ1v) is 14.9. The molecule has 0 aliphatic carbocycles. The largest absolute Gasteiger partial charge is 0.419 e. The van der Waals surface area contributed by atoms with Crippen molar-refractivity contribution in [3.05, 3.63) is 0 Å². The molecule has 4 atom stereocenters. The normalized spacial score (nSPS) is 17.2. The van der Waals surface area contributed by atoms with Gasteiger partial charge in [0.25, 0.3) is 0 Å². The molecule has 176 valence electrons. The molecule has 0 spiro atoms. The van der Waals surface area contributed by atoms with Gasteiger partial charge in [0.05, 0.1) is 11.5 Å². The van der Waals surface area contributed by atoms with E-state index in [4.69, 9.17) is 18.3 Å². The first-order chi connectivity index (χ1) is 13.8. The SMILES string of the molecule is CCCCCC(OC(C)NC(C)OC(CCCCC)[SiH2]OC(C)C)[SiH2]OC(C)C. The lowest BCUT2D eigenvalue weighted by atomic mass is 10.2. The van der Waals surface area contributed by atoms with E-state index in [-0.39, 0.29) is 23.9 Å². The number of hydrogen-bond donors (Lipinski definition) is 1. The Kier molecular flexibility index (Phi) is 19.1. The Morgan fingerprint density at radius 3 is 1.31 bits per heavy atom. The van der Waals surface area contributed by atoms with E-state index in [1.807, 2.05) is 0 Å². The summed E-state index contributed by atoms with van der Waals surface area (Å²) in [5.74, 6) is 0. The van der Waals surface area contributed by atoms with E-state index in [0.29, 0.717) is 12.2 Å². The smallest absolute Gasteiger partial charge is 0.190 e. The molecule has 0 radical (unpaired) electrons. The molecule has 0 aliphatic heterocycles. The second kappa shape index (κ2) is 19.0. The van der Waals surface area contributed by atoms with Crippen molar-refractivity contribution in [2.75, 3.05) is 0 Å². The van der Waals surface area contributed by atoms with Gasteiger partial charge < -0.3 is 18.3 Å². The number of unbranched alkanes of at least 4 members (excludes halogenated alkanes) is 4. The van der Waals surface area contributed by atoms with Gasteiger partial charge in [-0.15, -0.1) is 0 Å². The zero-order valence-corrected chi connectivity index (χ0v) is 23.5. The first kappa shape index (κ1) is 29.2. The first-order valence-electron chi connectivity index (χ1n) is 12.1. The van der Waals surface area contributed by atoms with Crippen molar-refractivity contribution < 1.29 is 18.3 Å². The summed E-state index contributed by atoms with van der Waals surface area (Å²) in [4.78, 5) is 0. The maximum atomic E-state index is 6.32. The molecule has 0 fully saturated rings. The molecule has 0 aromatic heterocycles. The van der Waals surface area contributed by atoms with Crippen LogP contribution in [0, 0.1) is 0 Å². The van der Waals surface area contributed by atoms with E-state index in [1.165, 1.54) is 38.5 Å². The van der Waals surface area contributed by atoms with Crippen LogP contribution in [-0.4, -0.2) is 55.6 Å². The van der Waals surface area contributed by atoms with Gasteiger partial charge >= 0.3 is 0 Å². The topological polar surface area (TPSA) is 49.0 Å². The van der Waals surface area contributed by atoms with Crippen LogP contribution in [0.25, 0.3) is 0 Å². The van der Waals surface area contributed by atoms with Crippen molar-refractivity contribution in [3.8, 4) is 0 Å². The maximum Gasteiger partial charge on any atom is 0.190 e. The predicted molar refractivity (Wildman–Crippen MR) is 130 cm³/mol. The summed E-state index contributed by atoms with van der Waals surface area (Å²) in [5.41, 5.74) is 0.523. The van der Waals surface area contributed by atoms with Gasteiger partial charge in [-0.1, -0.05) is 52.4 Å². The number of nitrogens with one attached hydrogen (secondary N) is 1. The van der Waals surface area contributed by atoms with Crippen LogP contribution in [0.5, 0.6) is 0 Å². The van der Waals surface area contributed by atoms with E-state index >= 15 is 0 Å². The summed E-state index contributed by atoms with van der Waals surface area (Å²) >= 11 is 0. The predicted octanol–water partition coefficient (Wildman–Crippen LogP) is 4.13. The van der Waals surface area contributed by atoms with Crippen molar-refractivity contribution in [1.82, 2.24) is 5.32 Å². The highest BCUT2D eigenvalue weighted by Gasteiger charge is 2.19. The van der Waals surface area contributed by atoms with Crippen LogP contribution in [0.2, 0.25) is 0 Å². The van der Waals surface area contributed by atoms with Gasteiger partial charge in [-0.25, -0.2) is 0 Å². The van der Waals surface area contributed by atoms with E-state index in [9.17, 15) is 0 Å². The van der Waals surface area contributed by atoms with Crippen LogP contribution in [0.3, 0.4) is 0 Å². The molecule has 0 rings (SSSR count). The minimum absolute atomic E-state index is 0.0381. The molecule has 0 aromatic rings. The van der Waals surface area contributed by atoms with Gasteiger partial charge in [0, 0.05) is 12.2 Å². The molecule has 0 amide bonds. The second-order valence-corrected chi connectivity index (χ2v) is 11.9. The van der Waals surface area contributed by atoms with Gasteiger partial charge in [0.1, 0.15) is 12.5 Å². The minimum Gasteiger partial charge on any atom is -0.419 e. The number of rotatable bonds is 20. The zero-order chi connectivity index (χ0) is 22.1. The van der Waals surface area contributed by atoms with Crippen molar-refractivity contribution in [2.45, 2.75) is 143 Å². The Hall–Kier alpha value is 0.234. The lowest BCUT2D eigenvalue weighted by molar-refractivity contribution is -0.0592. The van der Waals surface area contributed by atoms with Gasteiger partial charge in [0.15, 0.2) is 19.5 Å². The number of ether oxygens (including phenoxy) is 2. The fraction of sp³-hybridized carbons (Fsp3) is 1.00. The van der Waals surface area contributed by atoms with Crippen molar-refractivity contribution >= 4 is 19.5 Å². The summed E-state index contributed by atoms with van der Waals surface area (Å²) in [6.07, 6.45) is 10.1. The van der Waals surface area contributed by atoms with Crippen molar-refractivity contribution in [2.24, 2.45) is 0 Å². The molecule has 1 N–H and O–H groups in total. The summed E-state index contributed by atoms with van der Waals surface area (Å²) in [5, 5.41) is 3.49. The van der Waals surface area contributed by atoms with E-state index < -0.39 is 19.5 Å². The maximum absolute atomic E-state index is 6.32. The Morgan fingerprint density at radius 2 is 1.00 bits per heavy atom. The average Bonchev–Trinajstić information content (AvgIpc) is 2.63. The minimum atomic E-state index is -0.696. The standard InChI is InChI=1S/C22H51NO4Si2/c1-9-11-13-15-21(28-26-17(3)4)24-19(7)23-20(8)25-22(16-14-12-10-2)29-27-18(5)6/h17-23H,9-16,28-29H2,1-8H3. The van der Waals surface area contributed by atoms with Gasteiger partial charge in [0.2, 0.25) is 0 Å².